The molecule has 0 atom stereocenters. The van der Waals surface area contributed by atoms with E-state index in [1.54, 1.807) is 18.8 Å². The van der Waals surface area contributed by atoms with E-state index in [0.717, 1.165) is 23.0 Å². The molecule has 0 radical (unpaired) electrons. The number of nitrogens with one attached hydrogen (secondary N) is 1. The third-order valence-corrected chi connectivity index (χ3v) is 3.86. The molecular weight excluding hydrogens is 357 g/mol. The van der Waals surface area contributed by atoms with Crippen LogP contribution in [0, 0.1) is 6.92 Å². The molecule has 0 unspecified atom stereocenters. The summed E-state index contributed by atoms with van der Waals surface area (Å²) in [5.41, 5.74) is 1.57. The van der Waals surface area contributed by atoms with Crippen molar-refractivity contribution in [3.63, 3.8) is 0 Å². The average Bonchev–Trinajstić information content (AvgIpc) is 3.05. The van der Waals surface area contributed by atoms with Crippen molar-refractivity contribution in [3.05, 3.63) is 59.5 Å². The molecule has 0 saturated heterocycles. The van der Waals surface area contributed by atoms with E-state index in [1.807, 2.05) is 43.5 Å². The lowest BCUT2D eigenvalue weighted by Crippen LogP contribution is -2.17. The lowest BCUT2D eigenvalue weighted by molar-refractivity contribution is -0.141. The van der Waals surface area contributed by atoms with Crippen LogP contribution < -0.4 is 10.2 Å². The molecule has 2 aromatic heterocycles. The van der Waals surface area contributed by atoms with E-state index >= 15 is 0 Å². The van der Waals surface area contributed by atoms with Gasteiger partial charge in [0, 0.05) is 32.9 Å². The fourth-order valence-electron chi connectivity index (χ4n) is 2.50. The summed E-state index contributed by atoms with van der Waals surface area (Å²) in [5, 5.41) is 7.28. The largest absolute Gasteiger partial charge is 0.433 e. The Morgan fingerprint density at radius 1 is 1.11 bits per heavy atom. The van der Waals surface area contributed by atoms with E-state index < -0.39 is 11.9 Å². The van der Waals surface area contributed by atoms with Crippen molar-refractivity contribution in [2.24, 2.45) is 0 Å². The lowest BCUT2D eigenvalue weighted by Gasteiger charge is -2.16. The van der Waals surface area contributed by atoms with E-state index in [0.29, 0.717) is 0 Å². The molecule has 0 aliphatic rings. The van der Waals surface area contributed by atoms with Crippen molar-refractivity contribution in [1.29, 1.82) is 0 Å². The van der Waals surface area contributed by atoms with Crippen molar-refractivity contribution in [2.45, 2.75) is 19.6 Å². The van der Waals surface area contributed by atoms with E-state index in [4.69, 9.17) is 0 Å². The van der Waals surface area contributed by atoms with Gasteiger partial charge >= 0.3 is 6.18 Å². The quantitative estimate of drug-likeness (QED) is 0.736. The van der Waals surface area contributed by atoms with Gasteiger partial charge in [0.1, 0.15) is 5.82 Å². The summed E-state index contributed by atoms with van der Waals surface area (Å²) in [6.07, 6.45) is -2.71. The van der Waals surface area contributed by atoms with Crippen molar-refractivity contribution in [3.8, 4) is 5.69 Å². The standard InChI is InChI=1S/C18H19F3N6/c1-12-8-9-27(25-12)14-7-5-4-6-13(14)11-22-17-23-15(18(19,20)21)10-16(24-17)26(2)3/h4-10H,11H2,1-3H3,(H,22,23,24). The van der Waals surface area contributed by atoms with Crippen molar-refractivity contribution >= 4 is 11.8 Å². The van der Waals surface area contributed by atoms with Gasteiger partial charge in [-0.3, -0.25) is 0 Å². The molecule has 0 spiro atoms. The van der Waals surface area contributed by atoms with E-state index in [-0.39, 0.29) is 18.3 Å². The van der Waals surface area contributed by atoms with Crippen LogP contribution in [0.4, 0.5) is 24.9 Å². The maximum atomic E-state index is 13.1. The summed E-state index contributed by atoms with van der Waals surface area (Å²) in [6.45, 7) is 2.14. The number of aryl methyl sites for hydroxylation is 1. The van der Waals surface area contributed by atoms with Gasteiger partial charge in [-0.05, 0) is 24.6 Å². The molecule has 0 amide bonds. The molecule has 3 aromatic rings. The SMILES string of the molecule is Cc1ccn(-c2ccccc2CNc2nc(N(C)C)cc(C(F)(F)F)n2)n1. The molecule has 0 fully saturated rings. The maximum absolute atomic E-state index is 13.1. The fraction of sp³-hybridized carbons (Fsp3) is 0.278. The molecule has 1 aromatic carbocycles. The number of anilines is 2. The molecule has 9 heteroatoms. The van der Waals surface area contributed by atoms with Crippen LogP contribution in [0.5, 0.6) is 0 Å². The Morgan fingerprint density at radius 3 is 2.48 bits per heavy atom. The highest BCUT2D eigenvalue weighted by molar-refractivity contribution is 5.46. The van der Waals surface area contributed by atoms with E-state index in [2.05, 4.69) is 20.4 Å². The number of rotatable bonds is 5. The lowest BCUT2D eigenvalue weighted by atomic mass is 10.2. The highest BCUT2D eigenvalue weighted by Crippen LogP contribution is 2.30. The third kappa shape index (κ3) is 4.36. The van der Waals surface area contributed by atoms with Crippen LogP contribution in [-0.4, -0.2) is 33.8 Å². The predicted octanol–water partition coefficient (Wildman–Crippen LogP) is 3.67. The van der Waals surface area contributed by atoms with Crippen LogP contribution in [0.2, 0.25) is 0 Å². The molecule has 3 rings (SSSR count). The van der Waals surface area contributed by atoms with Crippen molar-refractivity contribution in [1.82, 2.24) is 19.7 Å². The van der Waals surface area contributed by atoms with Gasteiger partial charge in [-0.1, -0.05) is 18.2 Å². The van der Waals surface area contributed by atoms with Crippen LogP contribution in [0.1, 0.15) is 17.0 Å². The number of benzene rings is 1. The van der Waals surface area contributed by atoms with Gasteiger partial charge in [0.2, 0.25) is 5.95 Å². The smallest absolute Gasteiger partial charge is 0.363 e. The zero-order valence-electron chi connectivity index (χ0n) is 15.1. The van der Waals surface area contributed by atoms with Crippen LogP contribution in [0.25, 0.3) is 5.69 Å². The van der Waals surface area contributed by atoms with Gasteiger partial charge in [0.05, 0.1) is 11.4 Å². The van der Waals surface area contributed by atoms with Crippen molar-refractivity contribution < 1.29 is 13.2 Å². The van der Waals surface area contributed by atoms with Crippen LogP contribution in [0.3, 0.4) is 0 Å². The minimum absolute atomic E-state index is 0.0834. The van der Waals surface area contributed by atoms with Gasteiger partial charge in [-0.15, -0.1) is 0 Å². The number of hydrogen-bond donors (Lipinski definition) is 1. The monoisotopic (exact) mass is 376 g/mol. The second kappa shape index (κ2) is 7.26. The summed E-state index contributed by atoms with van der Waals surface area (Å²) >= 11 is 0. The number of aromatic nitrogens is 4. The molecular formula is C18H19F3N6. The second-order valence-electron chi connectivity index (χ2n) is 6.21. The van der Waals surface area contributed by atoms with Crippen LogP contribution in [0.15, 0.2) is 42.6 Å². The summed E-state index contributed by atoms with van der Waals surface area (Å²) < 4.78 is 41.1. The Hall–Kier alpha value is -3.10. The molecule has 0 aliphatic heterocycles. The molecule has 142 valence electrons. The highest BCUT2D eigenvalue weighted by Gasteiger charge is 2.34. The Bertz CT molecular complexity index is 933. The molecule has 27 heavy (non-hydrogen) atoms. The number of alkyl halides is 3. The average molecular weight is 376 g/mol. The Labute approximate surface area is 154 Å². The first-order valence-electron chi connectivity index (χ1n) is 8.22. The first kappa shape index (κ1) is 18.7. The van der Waals surface area contributed by atoms with Gasteiger partial charge in [0.15, 0.2) is 5.69 Å². The van der Waals surface area contributed by atoms with E-state index in [9.17, 15) is 13.2 Å². The predicted molar refractivity (Wildman–Crippen MR) is 97.0 cm³/mol. The molecule has 2 heterocycles. The van der Waals surface area contributed by atoms with Crippen molar-refractivity contribution in [2.75, 3.05) is 24.3 Å². The zero-order valence-corrected chi connectivity index (χ0v) is 15.1. The number of halogens is 3. The molecule has 0 aliphatic carbocycles. The first-order valence-corrected chi connectivity index (χ1v) is 8.22. The van der Waals surface area contributed by atoms with Gasteiger partial charge in [-0.2, -0.15) is 23.3 Å². The number of para-hydroxylation sites is 1. The third-order valence-electron chi connectivity index (χ3n) is 3.86. The topological polar surface area (TPSA) is 58.9 Å². The normalized spacial score (nSPS) is 11.5. The molecule has 6 nitrogen and oxygen atoms in total. The highest BCUT2D eigenvalue weighted by atomic mass is 19.4. The zero-order chi connectivity index (χ0) is 19.6. The second-order valence-corrected chi connectivity index (χ2v) is 6.21. The number of nitrogens with zero attached hydrogens (tertiary/aromatic N) is 5. The van der Waals surface area contributed by atoms with E-state index in [1.165, 1.54) is 4.90 Å². The molecule has 0 saturated carbocycles. The minimum atomic E-state index is -4.55. The molecule has 0 bridgehead atoms. The summed E-state index contributed by atoms with van der Waals surface area (Å²) in [7, 11) is 3.25. The Morgan fingerprint density at radius 2 is 1.85 bits per heavy atom. The van der Waals surface area contributed by atoms with Gasteiger partial charge < -0.3 is 10.2 Å². The maximum Gasteiger partial charge on any atom is 0.433 e. The fourth-order valence-corrected chi connectivity index (χ4v) is 2.50. The van der Waals surface area contributed by atoms with Crippen LogP contribution in [-0.2, 0) is 12.7 Å². The summed E-state index contributed by atoms with van der Waals surface area (Å²) in [5.74, 6) is 0.0933. The first-order chi connectivity index (χ1) is 12.7. The Kier molecular flexibility index (Phi) is 5.02. The summed E-state index contributed by atoms with van der Waals surface area (Å²) in [6, 6.07) is 10.3. The van der Waals surface area contributed by atoms with Crippen LogP contribution >= 0.6 is 0 Å². The van der Waals surface area contributed by atoms with Gasteiger partial charge in [0.25, 0.3) is 0 Å². The number of hydrogen-bond acceptors (Lipinski definition) is 5. The molecule has 1 N–H and O–H groups in total. The minimum Gasteiger partial charge on any atom is -0.363 e. The van der Waals surface area contributed by atoms with Gasteiger partial charge in [-0.25, -0.2) is 9.67 Å². The Balaban J connectivity index is 1.88. The summed E-state index contributed by atoms with van der Waals surface area (Å²) in [4.78, 5) is 9.26.